The molecule has 100 valence electrons. The molecule has 9 heteroatoms. The van der Waals surface area contributed by atoms with Gasteiger partial charge in [-0.3, -0.25) is 0 Å². The zero-order valence-corrected chi connectivity index (χ0v) is 9.22. The Balaban J connectivity index is 2.38. The fraction of sp³-hybridized carbons (Fsp3) is 0.100. The zero-order valence-electron chi connectivity index (χ0n) is 9.22. The van der Waals surface area contributed by atoms with Crippen LogP contribution in [0.5, 0.6) is 0 Å². The Morgan fingerprint density at radius 1 is 1.37 bits per heavy atom. The molecular formula is C10H7F3N4O2. The summed E-state index contributed by atoms with van der Waals surface area (Å²) >= 11 is 0. The predicted molar refractivity (Wildman–Crippen MR) is 57.7 cm³/mol. The molecule has 0 radical (unpaired) electrons. The van der Waals surface area contributed by atoms with Crippen LogP contribution in [0, 0.1) is 0 Å². The van der Waals surface area contributed by atoms with Crippen molar-refractivity contribution in [3.63, 3.8) is 0 Å². The second kappa shape index (κ2) is 4.26. The number of nitrogens with two attached hydrogens (primary N) is 1. The Bertz CT molecular complexity index is 619. The smallest absolute Gasteiger partial charge is 0.417 e. The average molecular weight is 272 g/mol. The molecule has 0 saturated carbocycles. The second-order valence-electron chi connectivity index (χ2n) is 3.59. The molecule has 0 spiro atoms. The maximum atomic E-state index is 12.3. The number of aromatic nitrogens is 3. The number of alkyl halides is 3. The highest BCUT2D eigenvalue weighted by Gasteiger charge is 2.30. The van der Waals surface area contributed by atoms with Gasteiger partial charge in [-0.15, -0.1) is 0 Å². The van der Waals surface area contributed by atoms with Crippen LogP contribution in [-0.2, 0) is 6.18 Å². The summed E-state index contributed by atoms with van der Waals surface area (Å²) in [6, 6.07) is 1.89. The topological polar surface area (TPSA) is 94.0 Å². The van der Waals surface area contributed by atoms with Crippen LogP contribution in [0.3, 0.4) is 0 Å². The van der Waals surface area contributed by atoms with Gasteiger partial charge in [-0.1, -0.05) is 0 Å². The first-order valence-electron chi connectivity index (χ1n) is 4.91. The van der Waals surface area contributed by atoms with Gasteiger partial charge in [0.1, 0.15) is 0 Å². The minimum absolute atomic E-state index is 0.0344. The molecular weight excluding hydrogens is 265 g/mol. The molecule has 0 aromatic carbocycles. The fourth-order valence-corrected chi connectivity index (χ4v) is 1.36. The van der Waals surface area contributed by atoms with Crippen molar-refractivity contribution in [3.05, 3.63) is 35.8 Å². The third-order valence-corrected chi connectivity index (χ3v) is 2.26. The Morgan fingerprint density at radius 2 is 2.05 bits per heavy atom. The monoisotopic (exact) mass is 272 g/mol. The number of aromatic carboxylic acids is 1. The molecule has 2 heterocycles. The number of nitrogens with zero attached hydrogens (tertiary/aromatic N) is 3. The first kappa shape index (κ1) is 12.9. The van der Waals surface area contributed by atoms with E-state index < -0.39 is 17.7 Å². The zero-order chi connectivity index (χ0) is 14.2. The summed E-state index contributed by atoms with van der Waals surface area (Å²) in [7, 11) is 0. The van der Waals surface area contributed by atoms with E-state index in [2.05, 4.69) is 10.1 Å². The molecule has 19 heavy (non-hydrogen) atoms. The van der Waals surface area contributed by atoms with Crippen molar-refractivity contribution in [1.29, 1.82) is 0 Å². The summed E-state index contributed by atoms with van der Waals surface area (Å²) in [5.41, 5.74) is 4.01. The van der Waals surface area contributed by atoms with E-state index in [1.165, 1.54) is 6.20 Å². The van der Waals surface area contributed by atoms with Gasteiger partial charge < -0.3 is 10.8 Å². The molecule has 0 aliphatic carbocycles. The largest absolute Gasteiger partial charge is 0.476 e. The number of pyridine rings is 1. The van der Waals surface area contributed by atoms with Crippen molar-refractivity contribution in [1.82, 2.24) is 14.8 Å². The maximum absolute atomic E-state index is 12.3. The highest BCUT2D eigenvalue weighted by molar-refractivity contribution is 5.91. The van der Waals surface area contributed by atoms with Gasteiger partial charge in [-0.25, -0.2) is 14.5 Å². The van der Waals surface area contributed by atoms with E-state index in [4.69, 9.17) is 10.8 Å². The molecule has 0 bridgehead atoms. The van der Waals surface area contributed by atoms with Gasteiger partial charge in [0, 0.05) is 6.20 Å². The summed E-state index contributed by atoms with van der Waals surface area (Å²) in [5, 5.41) is 12.4. The van der Waals surface area contributed by atoms with E-state index in [1.807, 2.05) is 0 Å². The normalized spacial score (nSPS) is 11.5. The number of carboxylic acids is 1. The molecule has 2 aromatic rings. The molecule has 0 aliphatic heterocycles. The van der Waals surface area contributed by atoms with Crippen LogP contribution in [-0.4, -0.2) is 25.8 Å². The lowest BCUT2D eigenvalue weighted by molar-refractivity contribution is -0.137. The molecule has 0 unspecified atom stereocenters. The molecule has 0 fully saturated rings. The van der Waals surface area contributed by atoms with Crippen molar-refractivity contribution in [2.75, 3.05) is 5.73 Å². The number of carboxylic acid groups (broad SMARTS) is 1. The molecule has 2 rings (SSSR count). The van der Waals surface area contributed by atoms with Gasteiger partial charge in [-0.05, 0) is 12.1 Å². The number of halogens is 3. The van der Waals surface area contributed by atoms with Crippen LogP contribution in [0.15, 0.2) is 24.5 Å². The van der Waals surface area contributed by atoms with Gasteiger partial charge in [0.15, 0.2) is 11.5 Å². The molecule has 3 N–H and O–H groups in total. The lowest BCUT2D eigenvalue weighted by Gasteiger charge is -2.06. The summed E-state index contributed by atoms with van der Waals surface area (Å²) in [4.78, 5) is 14.3. The van der Waals surface area contributed by atoms with Crippen LogP contribution >= 0.6 is 0 Å². The van der Waals surface area contributed by atoms with E-state index in [0.717, 1.165) is 16.8 Å². The van der Waals surface area contributed by atoms with Gasteiger partial charge in [-0.2, -0.15) is 18.3 Å². The van der Waals surface area contributed by atoms with Crippen molar-refractivity contribution in [2.24, 2.45) is 0 Å². The minimum Gasteiger partial charge on any atom is -0.476 e. The quantitative estimate of drug-likeness (QED) is 0.865. The van der Waals surface area contributed by atoms with E-state index in [0.29, 0.717) is 6.20 Å². The molecule has 2 aromatic heterocycles. The number of nitrogen functional groups attached to an aromatic ring is 1. The average Bonchev–Trinajstić information content (AvgIpc) is 2.70. The van der Waals surface area contributed by atoms with Crippen LogP contribution in [0.4, 0.5) is 18.9 Å². The van der Waals surface area contributed by atoms with Gasteiger partial charge in [0.2, 0.25) is 0 Å². The Morgan fingerprint density at radius 3 is 2.47 bits per heavy atom. The Labute approximate surface area is 104 Å². The second-order valence-corrected chi connectivity index (χ2v) is 3.59. The number of hydrogen-bond donors (Lipinski definition) is 2. The molecule has 0 amide bonds. The first-order chi connectivity index (χ1) is 8.79. The van der Waals surface area contributed by atoms with E-state index in [1.54, 1.807) is 0 Å². The minimum atomic E-state index is -4.49. The lowest BCUT2D eigenvalue weighted by atomic mass is 10.3. The van der Waals surface area contributed by atoms with Crippen molar-refractivity contribution in [3.8, 4) is 5.82 Å². The van der Waals surface area contributed by atoms with Crippen LogP contribution < -0.4 is 5.73 Å². The summed E-state index contributed by atoms with van der Waals surface area (Å²) < 4.78 is 38.0. The third-order valence-electron chi connectivity index (χ3n) is 2.26. The van der Waals surface area contributed by atoms with E-state index in [-0.39, 0.29) is 17.2 Å². The summed E-state index contributed by atoms with van der Waals surface area (Å²) in [5.74, 6) is -1.30. The van der Waals surface area contributed by atoms with Gasteiger partial charge in [0.25, 0.3) is 0 Å². The standard InChI is InChI=1S/C10H7F3N4O2/c11-10(12,13)5-1-2-7(15-3-5)17-4-6(14)8(16-17)9(18)19/h1-4H,14H2,(H,18,19). The SMILES string of the molecule is Nc1cn(-c2ccc(C(F)(F)F)cn2)nc1C(=O)O. The lowest BCUT2D eigenvalue weighted by Crippen LogP contribution is -2.07. The maximum Gasteiger partial charge on any atom is 0.417 e. The highest BCUT2D eigenvalue weighted by atomic mass is 19.4. The molecule has 0 atom stereocenters. The number of rotatable bonds is 2. The Kier molecular flexibility index (Phi) is 2.89. The molecule has 6 nitrogen and oxygen atoms in total. The van der Waals surface area contributed by atoms with Crippen LogP contribution in [0.2, 0.25) is 0 Å². The first-order valence-corrected chi connectivity index (χ1v) is 4.91. The van der Waals surface area contributed by atoms with E-state index >= 15 is 0 Å². The summed E-state index contributed by atoms with van der Waals surface area (Å²) in [6.07, 6.45) is -2.69. The Hall–Kier alpha value is -2.58. The van der Waals surface area contributed by atoms with Gasteiger partial charge in [0.05, 0.1) is 17.4 Å². The van der Waals surface area contributed by atoms with Crippen molar-refractivity contribution in [2.45, 2.75) is 6.18 Å². The fourth-order valence-electron chi connectivity index (χ4n) is 1.36. The summed E-state index contributed by atoms with van der Waals surface area (Å²) in [6.45, 7) is 0. The van der Waals surface area contributed by atoms with Crippen molar-refractivity contribution >= 4 is 11.7 Å². The third kappa shape index (κ3) is 2.49. The number of hydrogen-bond acceptors (Lipinski definition) is 4. The number of anilines is 1. The van der Waals surface area contributed by atoms with E-state index in [9.17, 15) is 18.0 Å². The van der Waals surface area contributed by atoms with Gasteiger partial charge >= 0.3 is 12.1 Å². The predicted octanol–water partition coefficient (Wildman–Crippen LogP) is 1.57. The van der Waals surface area contributed by atoms with Crippen LogP contribution in [0.25, 0.3) is 5.82 Å². The molecule has 0 saturated heterocycles. The highest BCUT2D eigenvalue weighted by Crippen LogP contribution is 2.28. The van der Waals surface area contributed by atoms with Crippen molar-refractivity contribution < 1.29 is 23.1 Å². The number of carbonyl (C=O) groups is 1. The van der Waals surface area contributed by atoms with Crippen LogP contribution in [0.1, 0.15) is 16.1 Å². The molecule has 0 aliphatic rings.